The molecule has 0 aliphatic carbocycles. The van der Waals surface area contributed by atoms with Crippen molar-refractivity contribution in [3.63, 3.8) is 0 Å². The summed E-state index contributed by atoms with van der Waals surface area (Å²) in [5.74, 6) is -0.951. The standard InChI is InChI=1S/C23H23F4N5O/c1-12(17-4-3-5-19(20(17)24)23(25,26)27)29-22-18-8-16(9-28-21(18)13(2)30-31-22)32-14-6-7-15(32)11-33-10-14/h3-5,8-9,12,14-15H,6-7,10-11H2,1-2H3,(H,29,31)/t12-,14?,15?/m1/s1. The zero-order valence-electron chi connectivity index (χ0n) is 18.2. The summed E-state index contributed by atoms with van der Waals surface area (Å²) < 4.78 is 59.8. The largest absolute Gasteiger partial charge is 0.419 e. The van der Waals surface area contributed by atoms with Crippen molar-refractivity contribution in [1.82, 2.24) is 15.2 Å². The van der Waals surface area contributed by atoms with Crippen molar-refractivity contribution in [3.05, 3.63) is 53.1 Å². The molecule has 33 heavy (non-hydrogen) atoms. The maximum absolute atomic E-state index is 14.7. The molecule has 1 N–H and O–H groups in total. The molecular weight excluding hydrogens is 438 g/mol. The van der Waals surface area contributed by atoms with E-state index in [4.69, 9.17) is 4.74 Å². The van der Waals surface area contributed by atoms with Gasteiger partial charge in [-0.25, -0.2) is 4.39 Å². The third kappa shape index (κ3) is 3.86. The number of anilines is 2. The van der Waals surface area contributed by atoms with Gasteiger partial charge in [0, 0.05) is 10.9 Å². The van der Waals surface area contributed by atoms with Crippen LogP contribution < -0.4 is 10.2 Å². The third-order valence-electron chi connectivity index (χ3n) is 6.46. The second-order valence-corrected chi connectivity index (χ2v) is 8.63. The number of aromatic nitrogens is 3. The molecule has 2 unspecified atom stereocenters. The summed E-state index contributed by atoms with van der Waals surface area (Å²) in [5.41, 5.74) is 0.807. The van der Waals surface area contributed by atoms with Crippen molar-refractivity contribution in [2.24, 2.45) is 0 Å². The Morgan fingerprint density at radius 3 is 2.58 bits per heavy atom. The summed E-state index contributed by atoms with van der Waals surface area (Å²) in [4.78, 5) is 6.93. The van der Waals surface area contributed by atoms with Crippen molar-refractivity contribution >= 4 is 22.4 Å². The first-order valence-electron chi connectivity index (χ1n) is 10.9. The van der Waals surface area contributed by atoms with Crippen LogP contribution in [0.15, 0.2) is 30.5 Å². The minimum Gasteiger partial charge on any atom is -0.377 e. The molecule has 0 amide bonds. The van der Waals surface area contributed by atoms with E-state index >= 15 is 0 Å². The molecule has 1 aromatic carbocycles. The lowest BCUT2D eigenvalue weighted by Crippen LogP contribution is -2.45. The third-order valence-corrected chi connectivity index (χ3v) is 6.46. The average molecular weight is 461 g/mol. The molecule has 4 heterocycles. The molecule has 0 saturated carbocycles. The number of nitrogens with zero attached hydrogens (tertiary/aromatic N) is 4. The number of aryl methyl sites for hydroxylation is 1. The molecule has 6 nitrogen and oxygen atoms in total. The number of rotatable bonds is 4. The summed E-state index contributed by atoms with van der Waals surface area (Å²) >= 11 is 0. The number of pyridine rings is 1. The van der Waals surface area contributed by atoms with E-state index in [9.17, 15) is 17.6 Å². The van der Waals surface area contributed by atoms with E-state index in [-0.39, 0.29) is 17.6 Å². The molecule has 174 valence electrons. The second kappa shape index (κ2) is 8.09. The van der Waals surface area contributed by atoms with Crippen LogP contribution in [0, 0.1) is 12.7 Å². The zero-order valence-corrected chi connectivity index (χ0v) is 18.2. The van der Waals surface area contributed by atoms with Gasteiger partial charge < -0.3 is 15.0 Å². The highest BCUT2D eigenvalue weighted by molar-refractivity contribution is 5.92. The fraction of sp³-hybridized carbons (Fsp3) is 0.435. The van der Waals surface area contributed by atoms with Crippen LogP contribution in [0.4, 0.5) is 29.1 Å². The van der Waals surface area contributed by atoms with Crippen LogP contribution in [0.2, 0.25) is 0 Å². The van der Waals surface area contributed by atoms with Crippen LogP contribution in [-0.4, -0.2) is 40.5 Å². The minimum absolute atomic E-state index is 0.101. The van der Waals surface area contributed by atoms with E-state index in [2.05, 4.69) is 25.4 Å². The van der Waals surface area contributed by atoms with Gasteiger partial charge in [-0.3, -0.25) is 4.98 Å². The molecule has 2 aliphatic heterocycles. The Balaban J connectivity index is 1.52. The molecule has 2 saturated heterocycles. The molecule has 0 spiro atoms. The fourth-order valence-electron chi connectivity index (χ4n) is 4.83. The van der Waals surface area contributed by atoms with E-state index in [0.29, 0.717) is 35.6 Å². The van der Waals surface area contributed by atoms with E-state index in [1.807, 2.05) is 12.3 Å². The van der Waals surface area contributed by atoms with Crippen LogP contribution in [0.1, 0.15) is 42.6 Å². The SMILES string of the molecule is Cc1nnc(N[C@H](C)c2cccc(C(F)(F)F)c2F)c2cc(N3C4CCC3COC4)cnc12. The lowest BCUT2D eigenvalue weighted by Gasteiger charge is -2.36. The van der Waals surface area contributed by atoms with Crippen LogP contribution in [0.3, 0.4) is 0 Å². The van der Waals surface area contributed by atoms with Crippen molar-refractivity contribution in [2.75, 3.05) is 23.4 Å². The van der Waals surface area contributed by atoms with Gasteiger partial charge >= 0.3 is 6.18 Å². The molecule has 10 heteroatoms. The predicted octanol–water partition coefficient (Wildman–Crippen LogP) is 5.03. The van der Waals surface area contributed by atoms with Gasteiger partial charge in [0.15, 0.2) is 5.82 Å². The summed E-state index contributed by atoms with van der Waals surface area (Å²) in [5, 5.41) is 12.1. The number of fused-ring (bicyclic) bond motifs is 3. The highest BCUT2D eigenvalue weighted by atomic mass is 19.4. The first-order valence-corrected chi connectivity index (χ1v) is 10.9. The van der Waals surface area contributed by atoms with Gasteiger partial charge in [-0.15, -0.1) is 5.10 Å². The maximum Gasteiger partial charge on any atom is 0.419 e. The quantitative estimate of drug-likeness (QED) is 0.550. The van der Waals surface area contributed by atoms with Crippen molar-refractivity contribution in [1.29, 1.82) is 0 Å². The summed E-state index contributed by atoms with van der Waals surface area (Å²) in [6.07, 6.45) is -0.861. The van der Waals surface area contributed by atoms with E-state index in [1.165, 1.54) is 12.1 Å². The van der Waals surface area contributed by atoms with Crippen LogP contribution in [0.25, 0.3) is 10.9 Å². The lowest BCUT2D eigenvalue weighted by molar-refractivity contribution is -0.140. The summed E-state index contributed by atoms with van der Waals surface area (Å²) in [6.45, 7) is 4.71. The summed E-state index contributed by atoms with van der Waals surface area (Å²) in [6, 6.07) is 5.03. The zero-order chi connectivity index (χ0) is 23.3. The van der Waals surface area contributed by atoms with E-state index in [0.717, 1.165) is 24.6 Å². The minimum atomic E-state index is -4.77. The highest BCUT2D eigenvalue weighted by Gasteiger charge is 2.38. The predicted molar refractivity (Wildman–Crippen MR) is 116 cm³/mol. The molecule has 5 rings (SSSR count). The first-order chi connectivity index (χ1) is 15.7. The van der Waals surface area contributed by atoms with Gasteiger partial charge in [-0.2, -0.15) is 18.3 Å². The number of alkyl halides is 3. The van der Waals surface area contributed by atoms with Crippen LogP contribution in [0.5, 0.6) is 0 Å². The fourth-order valence-corrected chi connectivity index (χ4v) is 4.83. The molecular formula is C23H23F4N5O. The maximum atomic E-state index is 14.7. The van der Waals surface area contributed by atoms with Crippen molar-refractivity contribution in [2.45, 2.75) is 51.0 Å². The number of hydrogen-bond donors (Lipinski definition) is 1. The highest BCUT2D eigenvalue weighted by Crippen LogP contribution is 2.37. The van der Waals surface area contributed by atoms with Crippen molar-refractivity contribution < 1.29 is 22.3 Å². The van der Waals surface area contributed by atoms with E-state index < -0.39 is 23.6 Å². The number of ether oxygens (including phenoxy) is 1. The van der Waals surface area contributed by atoms with Gasteiger partial charge in [0.05, 0.1) is 60.0 Å². The molecule has 2 aromatic heterocycles. The van der Waals surface area contributed by atoms with Crippen molar-refractivity contribution in [3.8, 4) is 0 Å². The Morgan fingerprint density at radius 2 is 1.88 bits per heavy atom. The Labute approximate surface area is 188 Å². The van der Waals surface area contributed by atoms with Gasteiger partial charge in [0.1, 0.15) is 5.82 Å². The molecule has 3 atom stereocenters. The van der Waals surface area contributed by atoms with E-state index in [1.54, 1.807) is 13.8 Å². The second-order valence-electron chi connectivity index (χ2n) is 8.63. The topological polar surface area (TPSA) is 63.2 Å². The van der Waals surface area contributed by atoms with Gasteiger partial charge in [-0.05, 0) is 38.8 Å². The number of nitrogens with one attached hydrogen (secondary N) is 1. The molecule has 0 radical (unpaired) electrons. The van der Waals surface area contributed by atoms with Gasteiger partial charge in [-0.1, -0.05) is 12.1 Å². The number of hydrogen-bond acceptors (Lipinski definition) is 6. The first kappa shape index (κ1) is 21.8. The Morgan fingerprint density at radius 1 is 1.15 bits per heavy atom. The molecule has 2 bridgehead atoms. The number of morpholine rings is 1. The van der Waals surface area contributed by atoms with Gasteiger partial charge in [0.2, 0.25) is 0 Å². The number of benzene rings is 1. The smallest absolute Gasteiger partial charge is 0.377 e. The van der Waals surface area contributed by atoms with Crippen LogP contribution in [-0.2, 0) is 10.9 Å². The normalized spacial score (nSPS) is 21.5. The lowest BCUT2D eigenvalue weighted by atomic mass is 10.0. The Bertz CT molecular complexity index is 1190. The molecule has 2 aliphatic rings. The van der Waals surface area contributed by atoms with Crippen LogP contribution >= 0.6 is 0 Å². The Hall–Kier alpha value is -3.01. The van der Waals surface area contributed by atoms with Gasteiger partial charge in [0.25, 0.3) is 0 Å². The number of halogens is 4. The monoisotopic (exact) mass is 461 g/mol. The average Bonchev–Trinajstić information content (AvgIpc) is 3.03. The summed E-state index contributed by atoms with van der Waals surface area (Å²) in [7, 11) is 0. The molecule has 3 aromatic rings. The molecule has 2 fully saturated rings. The Kier molecular flexibility index (Phi) is 5.35.